The summed E-state index contributed by atoms with van der Waals surface area (Å²) in [6.07, 6.45) is -4.71. The number of nitrogen functional groups attached to an aromatic ring is 1. The topological polar surface area (TPSA) is 73.3 Å². The zero-order valence-electron chi connectivity index (χ0n) is 10.3. The molecule has 2 rings (SSSR count). The van der Waals surface area contributed by atoms with Crippen LogP contribution in [0, 0.1) is 0 Å². The number of aromatic nitrogens is 2. The largest absolute Gasteiger partial charge is 0.573 e. The van der Waals surface area contributed by atoms with Crippen LogP contribution >= 0.6 is 0 Å². The van der Waals surface area contributed by atoms with Crippen molar-refractivity contribution in [1.29, 1.82) is 0 Å². The molecular weight excluding hydrogens is 275 g/mol. The van der Waals surface area contributed by atoms with E-state index in [2.05, 4.69) is 9.84 Å². The summed E-state index contributed by atoms with van der Waals surface area (Å²) >= 11 is 0. The molecule has 0 aliphatic heterocycles. The Kier molecular flexibility index (Phi) is 3.84. The summed E-state index contributed by atoms with van der Waals surface area (Å²) in [7, 11) is 0. The molecule has 0 unspecified atom stereocenters. The molecule has 0 spiro atoms. The third-order valence-corrected chi connectivity index (χ3v) is 2.51. The molecule has 0 aliphatic carbocycles. The van der Waals surface area contributed by atoms with Gasteiger partial charge in [-0.15, -0.1) is 13.2 Å². The summed E-state index contributed by atoms with van der Waals surface area (Å²) in [6, 6.07) is 6.88. The molecule has 1 heterocycles. The normalized spacial score (nSPS) is 11.6. The van der Waals surface area contributed by atoms with Gasteiger partial charge in [0.25, 0.3) is 0 Å². The van der Waals surface area contributed by atoms with Crippen LogP contribution in [0.1, 0.15) is 0 Å². The van der Waals surface area contributed by atoms with Gasteiger partial charge in [-0.2, -0.15) is 5.10 Å². The monoisotopic (exact) mass is 287 g/mol. The van der Waals surface area contributed by atoms with E-state index in [1.54, 1.807) is 6.07 Å². The van der Waals surface area contributed by atoms with Gasteiger partial charge in [-0.1, -0.05) is 0 Å². The van der Waals surface area contributed by atoms with Crippen LogP contribution in [0.5, 0.6) is 5.75 Å². The molecule has 0 aliphatic rings. The number of hydrogen-bond donors (Lipinski definition) is 2. The predicted octanol–water partition coefficient (Wildman–Crippen LogP) is 2.02. The molecule has 108 valence electrons. The van der Waals surface area contributed by atoms with E-state index >= 15 is 0 Å². The maximum Gasteiger partial charge on any atom is 0.573 e. The molecule has 0 fully saturated rings. The van der Waals surface area contributed by atoms with E-state index in [1.807, 2.05) is 0 Å². The first-order chi connectivity index (χ1) is 9.39. The van der Waals surface area contributed by atoms with Crippen LogP contribution in [-0.2, 0) is 6.54 Å². The molecule has 0 atom stereocenters. The number of hydrogen-bond acceptors (Lipinski definition) is 4. The number of aliphatic hydroxyl groups excluding tert-OH is 1. The SMILES string of the molecule is Nc1cc(-c2ccc(OC(F)(F)F)cc2)nn1CCO. The van der Waals surface area contributed by atoms with Crippen LogP contribution in [-0.4, -0.2) is 27.9 Å². The summed E-state index contributed by atoms with van der Waals surface area (Å²) in [5, 5.41) is 13.0. The first-order valence-electron chi connectivity index (χ1n) is 5.69. The first-order valence-corrected chi connectivity index (χ1v) is 5.69. The van der Waals surface area contributed by atoms with Gasteiger partial charge >= 0.3 is 6.36 Å². The van der Waals surface area contributed by atoms with Crippen LogP contribution in [0.2, 0.25) is 0 Å². The summed E-state index contributed by atoms with van der Waals surface area (Å²) < 4.78 is 41.3. The van der Waals surface area contributed by atoms with Gasteiger partial charge in [0.2, 0.25) is 0 Å². The number of anilines is 1. The van der Waals surface area contributed by atoms with Crippen LogP contribution < -0.4 is 10.5 Å². The van der Waals surface area contributed by atoms with Crippen LogP contribution in [0.3, 0.4) is 0 Å². The fraction of sp³-hybridized carbons (Fsp3) is 0.250. The second-order valence-corrected chi connectivity index (χ2v) is 3.97. The van der Waals surface area contributed by atoms with E-state index in [0.29, 0.717) is 17.1 Å². The quantitative estimate of drug-likeness (QED) is 0.902. The molecular formula is C12H12F3N3O2. The Labute approximate surface area is 112 Å². The Morgan fingerprint density at radius 2 is 1.90 bits per heavy atom. The smallest absolute Gasteiger partial charge is 0.406 e. The standard InChI is InChI=1S/C12H12F3N3O2/c13-12(14,15)20-9-3-1-8(2-4-9)10-7-11(16)18(17-10)5-6-19/h1-4,7,19H,5-6,16H2. The maximum atomic E-state index is 12.0. The van der Waals surface area contributed by atoms with Crippen molar-refractivity contribution in [2.24, 2.45) is 0 Å². The minimum Gasteiger partial charge on any atom is -0.406 e. The predicted molar refractivity (Wildman–Crippen MR) is 65.8 cm³/mol. The molecule has 3 N–H and O–H groups in total. The van der Waals surface area contributed by atoms with E-state index in [-0.39, 0.29) is 18.9 Å². The number of rotatable bonds is 4. The molecule has 0 radical (unpaired) electrons. The Morgan fingerprint density at radius 3 is 2.45 bits per heavy atom. The number of nitrogens with two attached hydrogens (primary N) is 1. The van der Waals surface area contributed by atoms with E-state index in [9.17, 15) is 13.2 Å². The third-order valence-electron chi connectivity index (χ3n) is 2.51. The number of benzene rings is 1. The molecule has 1 aromatic heterocycles. The van der Waals surface area contributed by atoms with Crippen molar-refractivity contribution in [2.45, 2.75) is 12.9 Å². The Bertz CT molecular complexity index is 579. The zero-order valence-corrected chi connectivity index (χ0v) is 10.3. The lowest BCUT2D eigenvalue weighted by Gasteiger charge is -2.08. The van der Waals surface area contributed by atoms with Crippen molar-refractivity contribution < 1.29 is 23.0 Å². The van der Waals surface area contributed by atoms with Gasteiger partial charge in [-0.3, -0.25) is 0 Å². The fourth-order valence-electron chi connectivity index (χ4n) is 1.67. The molecule has 5 nitrogen and oxygen atoms in total. The summed E-state index contributed by atoms with van der Waals surface area (Å²) in [4.78, 5) is 0. The molecule has 0 amide bonds. The lowest BCUT2D eigenvalue weighted by atomic mass is 10.1. The summed E-state index contributed by atoms with van der Waals surface area (Å²) in [5.74, 6) is 0.0636. The van der Waals surface area contributed by atoms with Gasteiger partial charge < -0.3 is 15.6 Å². The average molecular weight is 287 g/mol. The van der Waals surface area contributed by atoms with Crippen molar-refractivity contribution in [1.82, 2.24) is 9.78 Å². The van der Waals surface area contributed by atoms with E-state index in [0.717, 1.165) is 0 Å². The average Bonchev–Trinajstić information content (AvgIpc) is 2.70. The highest BCUT2D eigenvalue weighted by molar-refractivity contribution is 5.63. The minimum atomic E-state index is -4.71. The maximum absolute atomic E-state index is 12.0. The van der Waals surface area contributed by atoms with E-state index in [4.69, 9.17) is 10.8 Å². The summed E-state index contributed by atoms with van der Waals surface area (Å²) in [5.41, 5.74) is 6.80. The lowest BCUT2D eigenvalue weighted by molar-refractivity contribution is -0.274. The van der Waals surface area contributed by atoms with Crippen molar-refractivity contribution in [2.75, 3.05) is 12.3 Å². The van der Waals surface area contributed by atoms with Crippen molar-refractivity contribution in [3.8, 4) is 17.0 Å². The number of ether oxygens (including phenoxy) is 1. The van der Waals surface area contributed by atoms with Crippen molar-refractivity contribution >= 4 is 5.82 Å². The lowest BCUT2D eigenvalue weighted by Crippen LogP contribution is -2.16. The molecule has 20 heavy (non-hydrogen) atoms. The minimum absolute atomic E-state index is 0.107. The van der Waals surface area contributed by atoms with E-state index < -0.39 is 6.36 Å². The third kappa shape index (κ3) is 3.41. The van der Waals surface area contributed by atoms with Gasteiger partial charge in [0, 0.05) is 11.6 Å². The number of nitrogens with zero attached hydrogens (tertiary/aromatic N) is 2. The van der Waals surface area contributed by atoms with Crippen molar-refractivity contribution in [3.05, 3.63) is 30.3 Å². The second kappa shape index (κ2) is 5.41. The number of halogens is 3. The highest BCUT2D eigenvalue weighted by Gasteiger charge is 2.30. The number of aliphatic hydroxyl groups is 1. The summed E-state index contributed by atoms with van der Waals surface area (Å²) in [6.45, 7) is 0.144. The Balaban J connectivity index is 2.19. The Hall–Kier alpha value is -2.22. The second-order valence-electron chi connectivity index (χ2n) is 3.97. The Morgan fingerprint density at radius 1 is 1.25 bits per heavy atom. The highest BCUT2D eigenvalue weighted by Crippen LogP contribution is 2.26. The molecule has 1 aromatic carbocycles. The van der Waals surface area contributed by atoms with Gasteiger partial charge in [0.15, 0.2) is 0 Å². The van der Waals surface area contributed by atoms with Gasteiger partial charge in [0.05, 0.1) is 18.8 Å². The molecule has 2 aromatic rings. The fourth-order valence-corrected chi connectivity index (χ4v) is 1.67. The van der Waals surface area contributed by atoms with Gasteiger partial charge in [-0.25, -0.2) is 4.68 Å². The molecule has 0 saturated heterocycles. The van der Waals surface area contributed by atoms with Crippen LogP contribution in [0.25, 0.3) is 11.3 Å². The molecule has 0 bridgehead atoms. The zero-order chi connectivity index (χ0) is 14.8. The van der Waals surface area contributed by atoms with E-state index in [1.165, 1.54) is 28.9 Å². The van der Waals surface area contributed by atoms with Crippen LogP contribution in [0.4, 0.5) is 19.0 Å². The molecule has 8 heteroatoms. The van der Waals surface area contributed by atoms with Gasteiger partial charge in [-0.05, 0) is 24.3 Å². The van der Waals surface area contributed by atoms with Crippen LogP contribution in [0.15, 0.2) is 30.3 Å². The van der Waals surface area contributed by atoms with Gasteiger partial charge in [0.1, 0.15) is 11.6 Å². The first kappa shape index (κ1) is 14.2. The number of alkyl halides is 3. The van der Waals surface area contributed by atoms with Crippen molar-refractivity contribution in [3.63, 3.8) is 0 Å². The highest BCUT2D eigenvalue weighted by atomic mass is 19.4. The molecule has 0 saturated carbocycles.